The van der Waals surface area contributed by atoms with Crippen molar-refractivity contribution in [3.05, 3.63) is 35.4 Å². The quantitative estimate of drug-likeness (QED) is 0.885. The number of carbonyl (C=O) groups excluding carboxylic acids is 2. The molecular weight excluding hydrogens is 304 g/mol. The lowest BCUT2D eigenvalue weighted by Gasteiger charge is -2.29. The number of nitrogens with one attached hydrogen (secondary N) is 1. The van der Waals surface area contributed by atoms with Crippen molar-refractivity contribution in [3.8, 4) is 0 Å². The number of amides is 3. The average molecular weight is 330 g/mol. The maximum Gasteiger partial charge on any atom is 0.419 e. The summed E-state index contributed by atoms with van der Waals surface area (Å²) in [7, 11) is 0. The molecule has 1 aliphatic carbocycles. The number of urea groups is 1. The van der Waals surface area contributed by atoms with Crippen LogP contribution in [0.2, 0.25) is 0 Å². The van der Waals surface area contributed by atoms with Gasteiger partial charge in [-0.05, 0) is 51.0 Å². The highest BCUT2D eigenvalue weighted by Gasteiger charge is 2.43. The zero-order chi connectivity index (χ0) is 17.3. The van der Waals surface area contributed by atoms with Gasteiger partial charge in [0.1, 0.15) is 6.10 Å². The van der Waals surface area contributed by atoms with Gasteiger partial charge in [-0.1, -0.05) is 36.8 Å². The maximum atomic E-state index is 12.6. The third-order valence-electron chi connectivity index (χ3n) is 5.24. The molecule has 0 aromatic heterocycles. The van der Waals surface area contributed by atoms with Crippen LogP contribution in [0.4, 0.5) is 9.59 Å². The number of cyclic esters (lactones) is 1. The summed E-state index contributed by atoms with van der Waals surface area (Å²) in [5, 5.41) is 3.01. The molecule has 1 saturated heterocycles. The second kappa shape index (κ2) is 6.83. The first-order chi connectivity index (χ1) is 11.5. The zero-order valence-corrected chi connectivity index (χ0v) is 14.6. The van der Waals surface area contributed by atoms with Crippen LogP contribution < -0.4 is 5.32 Å². The van der Waals surface area contributed by atoms with Crippen LogP contribution in [-0.2, 0) is 4.74 Å². The Morgan fingerprint density at radius 3 is 2.38 bits per heavy atom. The van der Waals surface area contributed by atoms with Gasteiger partial charge in [-0.3, -0.25) is 0 Å². The second-order valence-electron chi connectivity index (χ2n) is 7.23. The lowest BCUT2D eigenvalue weighted by molar-refractivity contribution is 0.131. The summed E-state index contributed by atoms with van der Waals surface area (Å²) in [4.78, 5) is 26.0. The van der Waals surface area contributed by atoms with Crippen LogP contribution in [-0.4, -0.2) is 29.1 Å². The lowest BCUT2D eigenvalue weighted by atomic mass is 9.87. The van der Waals surface area contributed by atoms with Crippen LogP contribution >= 0.6 is 0 Å². The van der Waals surface area contributed by atoms with E-state index in [9.17, 15) is 9.59 Å². The summed E-state index contributed by atoms with van der Waals surface area (Å²) in [6.07, 6.45) is 3.23. The third-order valence-corrected chi connectivity index (χ3v) is 5.24. The van der Waals surface area contributed by atoms with Crippen molar-refractivity contribution in [2.45, 2.75) is 64.6 Å². The molecule has 1 heterocycles. The average Bonchev–Trinajstić information content (AvgIpc) is 2.85. The van der Waals surface area contributed by atoms with Crippen LogP contribution in [0.15, 0.2) is 24.3 Å². The van der Waals surface area contributed by atoms with E-state index in [0.29, 0.717) is 0 Å². The first kappa shape index (κ1) is 16.8. The molecule has 1 aromatic rings. The second-order valence-corrected chi connectivity index (χ2v) is 7.23. The Labute approximate surface area is 143 Å². The molecule has 24 heavy (non-hydrogen) atoms. The van der Waals surface area contributed by atoms with Crippen molar-refractivity contribution in [1.29, 1.82) is 0 Å². The number of hydrogen-bond donors (Lipinski definition) is 1. The molecule has 1 saturated carbocycles. The van der Waals surface area contributed by atoms with Gasteiger partial charge in [-0.15, -0.1) is 0 Å². The largest absolute Gasteiger partial charge is 0.439 e. The van der Waals surface area contributed by atoms with Gasteiger partial charge in [0.15, 0.2) is 0 Å². The Bertz CT molecular complexity index is 606. The van der Waals surface area contributed by atoms with Gasteiger partial charge in [0.2, 0.25) is 0 Å². The summed E-state index contributed by atoms with van der Waals surface area (Å²) in [6, 6.07) is 7.39. The topological polar surface area (TPSA) is 58.6 Å². The Morgan fingerprint density at radius 1 is 1.12 bits per heavy atom. The van der Waals surface area contributed by atoms with Gasteiger partial charge in [0.25, 0.3) is 0 Å². The van der Waals surface area contributed by atoms with E-state index in [1.807, 2.05) is 38.1 Å². The molecule has 0 bridgehead atoms. The van der Waals surface area contributed by atoms with Crippen molar-refractivity contribution in [2.75, 3.05) is 0 Å². The molecule has 2 atom stereocenters. The molecule has 2 aliphatic rings. The molecule has 130 valence electrons. The van der Waals surface area contributed by atoms with E-state index in [1.165, 1.54) is 4.90 Å². The van der Waals surface area contributed by atoms with Gasteiger partial charge in [0, 0.05) is 6.04 Å². The molecule has 2 unspecified atom stereocenters. The van der Waals surface area contributed by atoms with E-state index >= 15 is 0 Å². The van der Waals surface area contributed by atoms with Crippen molar-refractivity contribution < 1.29 is 14.3 Å². The molecule has 1 N–H and O–H groups in total. The van der Waals surface area contributed by atoms with Crippen molar-refractivity contribution in [2.24, 2.45) is 5.92 Å². The molecule has 5 heteroatoms. The number of imide groups is 1. The minimum atomic E-state index is -0.560. The lowest BCUT2D eigenvalue weighted by Crippen LogP contribution is -2.48. The monoisotopic (exact) mass is 330 g/mol. The van der Waals surface area contributed by atoms with Crippen molar-refractivity contribution in [1.82, 2.24) is 10.2 Å². The normalized spacial score (nSPS) is 30.1. The number of hydrogen-bond acceptors (Lipinski definition) is 3. The van der Waals surface area contributed by atoms with E-state index in [0.717, 1.165) is 42.7 Å². The van der Waals surface area contributed by atoms with Gasteiger partial charge in [0.05, 0.1) is 6.04 Å². The van der Waals surface area contributed by atoms with E-state index in [1.54, 1.807) is 0 Å². The Kier molecular flexibility index (Phi) is 4.78. The molecule has 1 aliphatic heterocycles. The van der Waals surface area contributed by atoms with E-state index in [-0.39, 0.29) is 18.1 Å². The van der Waals surface area contributed by atoms with Crippen LogP contribution in [0.25, 0.3) is 0 Å². The molecule has 3 amide bonds. The summed E-state index contributed by atoms with van der Waals surface area (Å²) in [6.45, 7) is 6.11. The predicted molar refractivity (Wildman–Crippen MR) is 91.7 cm³/mol. The predicted octanol–water partition coefficient (Wildman–Crippen LogP) is 4.17. The summed E-state index contributed by atoms with van der Waals surface area (Å²) in [5.74, 6) is 0.722. The maximum absolute atomic E-state index is 12.6. The molecule has 2 fully saturated rings. The first-order valence-electron chi connectivity index (χ1n) is 8.82. The number of benzene rings is 1. The van der Waals surface area contributed by atoms with E-state index in [2.05, 4.69) is 12.2 Å². The highest BCUT2D eigenvalue weighted by molar-refractivity contribution is 5.93. The van der Waals surface area contributed by atoms with Crippen LogP contribution in [0.5, 0.6) is 0 Å². The number of aryl methyl sites for hydroxylation is 1. The highest BCUT2D eigenvalue weighted by Crippen LogP contribution is 2.33. The molecule has 1 aromatic carbocycles. The summed E-state index contributed by atoms with van der Waals surface area (Å²) >= 11 is 0. The van der Waals surface area contributed by atoms with Crippen LogP contribution in [0.3, 0.4) is 0 Å². The Balaban J connectivity index is 1.66. The Morgan fingerprint density at radius 2 is 1.75 bits per heavy atom. The third kappa shape index (κ3) is 3.40. The highest BCUT2D eigenvalue weighted by atomic mass is 16.6. The molecule has 5 nitrogen and oxygen atoms in total. The smallest absolute Gasteiger partial charge is 0.419 e. The Hall–Kier alpha value is -2.04. The van der Waals surface area contributed by atoms with Crippen molar-refractivity contribution in [3.63, 3.8) is 0 Å². The number of nitrogens with zero attached hydrogens (tertiary/aromatic N) is 1. The standard InChI is InChI=1S/C19H26N2O3/c1-12-4-8-15(9-5-12)17-14(3)21(19(23)24-17)18(22)20-16-10-6-13(2)7-11-16/h4-5,8-9,13-14,16-17H,6-7,10-11H2,1-3H3,(H,20,22). The summed E-state index contributed by atoms with van der Waals surface area (Å²) < 4.78 is 5.47. The van der Waals surface area contributed by atoms with Gasteiger partial charge >= 0.3 is 12.1 Å². The minimum absolute atomic E-state index is 0.159. The fourth-order valence-electron chi connectivity index (χ4n) is 3.58. The molecule has 3 rings (SSSR count). The van der Waals surface area contributed by atoms with E-state index in [4.69, 9.17) is 4.74 Å². The number of rotatable bonds is 2. The fraction of sp³-hybridized carbons (Fsp3) is 0.579. The van der Waals surface area contributed by atoms with Gasteiger partial charge in [-0.25, -0.2) is 14.5 Å². The van der Waals surface area contributed by atoms with Gasteiger partial charge in [-0.2, -0.15) is 0 Å². The molecule has 0 radical (unpaired) electrons. The van der Waals surface area contributed by atoms with Crippen LogP contribution in [0.1, 0.15) is 56.8 Å². The molecule has 0 spiro atoms. The fourth-order valence-corrected chi connectivity index (χ4v) is 3.58. The van der Waals surface area contributed by atoms with Crippen LogP contribution in [0, 0.1) is 12.8 Å². The zero-order valence-electron chi connectivity index (χ0n) is 14.6. The number of ether oxygens (including phenoxy) is 1. The SMILES string of the molecule is Cc1ccc(C2OC(=O)N(C(=O)NC3CCC(C)CC3)C2C)cc1. The number of carbonyl (C=O) groups is 2. The van der Waals surface area contributed by atoms with Gasteiger partial charge < -0.3 is 10.1 Å². The minimum Gasteiger partial charge on any atom is -0.439 e. The van der Waals surface area contributed by atoms with Crippen molar-refractivity contribution >= 4 is 12.1 Å². The first-order valence-corrected chi connectivity index (χ1v) is 8.82. The van der Waals surface area contributed by atoms with E-state index < -0.39 is 12.2 Å². The summed E-state index contributed by atoms with van der Waals surface area (Å²) in [5.41, 5.74) is 2.07. The molecular formula is C19H26N2O3.